The Balaban J connectivity index is 1.88. The minimum atomic E-state index is -4.18. The highest BCUT2D eigenvalue weighted by Crippen LogP contribution is 2.26. The van der Waals surface area contributed by atoms with E-state index >= 15 is 0 Å². The van der Waals surface area contributed by atoms with Gasteiger partial charge >= 0.3 is 0 Å². The number of hydrogen-bond acceptors (Lipinski definition) is 8. The maximum atomic E-state index is 13.9. The van der Waals surface area contributed by atoms with Crippen molar-refractivity contribution < 1.29 is 26.7 Å². The van der Waals surface area contributed by atoms with Gasteiger partial charge in [-0.15, -0.1) is 0 Å². The standard InChI is InChI=1S/C20H18F2N4O4S2/c1-12(10-27)7-14-8-17(26-32(28,29)18-6-5-15(9-23)30-18)25-20(24-14)31-11-13-3-2-4-16(21)19(13)22/h2-6,8,12,27H,7,10-11H2,1H3,(H,24,25,26)/t12-/m0/s1. The number of nitriles is 1. The summed E-state index contributed by atoms with van der Waals surface area (Å²) in [4.78, 5) is 8.48. The molecule has 2 heterocycles. The molecule has 0 fully saturated rings. The first-order chi connectivity index (χ1) is 15.2. The molecular formula is C20H18F2N4O4S2. The molecule has 3 aromatic rings. The molecule has 168 valence electrons. The fraction of sp³-hybridized carbons (Fsp3) is 0.250. The van der Waals surface area contributed by atoms with E-state index in [1.54, 1.807) is 13.0 Å². The summed E-state index contributed by atoms with van der Waals surface area (Å²) in [5, 5.41) is 17.8. The molecule has 0 aliphatic heterocycles. The molecule has 0 saturated heterocycles. The molecule has 0 saturated carbocycles. The van der Waals surface area contributed by atoms with E-state index in [2.05, 4.69) is 14.7 Å². The smallest absolute Gasteiger partial charge is 0.296 e. The van der Waals surface area contributed by atoms with Crippen molar-refractivity contribution >= 4 is 27.6 Å². The van der Waals surface area contributed by atoms with Gasteiger partial charge in [0, 0.05) is 29.7 Å². The highest BCUT2D eigenvalue weighted by molar-refractivity contribution is 7.98. The number of aliphatic hydroxyl groups excluding tert-OH is 1. The van der Waals surface area contributed by atoms with Crippen LogP contribution < -0.4 is 4.72 Å². The average Bonchev–Trinajstić information content (AvgIpc) is 3.25. The van der Waals surface area contributed by atoms with Crippen LogP contribution in [0.2, 0.25) is 0 Å². The lowest BCUT2D eigenvalue weighted by molar-refractivity contribution is 0.236. The first-order valence-electron chi connectivity index (χ1n) is 9.29. The molecule has 0 unspecified atom stereocenters. The summed E-state index contributed by atoms with van der Waals surface area (Å²) in [5.41, 5.74) is 0.549. The van der Waals surface area contributed by atoms with E-state index in [0.29, 0.717) is 12.1 Å². The summed E-state index contributed by atoms with van der Waals surface area (Å²) in [5.74, 6) is -2.33. The third-order valence-corrected chi connectivity index (χ3v) is 6.33. The van der Waals surface area contributed by atoms with Crippen LogP contribution in [0.4, 0.5) is 14.6 Å². The topological polar surface area (TPSA) is 129 Å². The Labute approximate surface area is 187 Å². The van der Waals surface area contributed by atoms with Crippen LogP contribution in [-0.2, 0) is 22.2 Å². The second-order valence-electron chi connectivity index (χ2n) is 6.86. The van der Waals surface area contributed by atoms with Crippen LogP contribution in [0.15, 0.2) is 51.1 Å². The summed E-state index contributed by atoms with van der Waals surface area (Å²) in [6, 6.07) is 9.29. The van der Waals surface area contributed by atoms with E-state index in [0.717, 1.165) is 23.9 Å². The molecule has 0 radical (unpaired) electrons. The SMILES string of the molecule is C[C@H](CO)Cc1cc(NS(=O)(=O)c2ccc(C#N)o2)nc(SCc2cccc(F)c2F)n1. The van der Waals surface area contributed by atoms with E-state index in [-0.39, 0.29) is 40.6 Å². The Morgan fingerprint density at radius 3 is 2.75 bits per heavy atom. The lowest BCUT2D eigenvalue weighted by Gasteiger charge is -2.12. The van der Waals surface area contributed by atoms with Gasteiger partial charge in [-0.25, -0.2) is 18.7 Å². The Kier molecular flexibility index (Phi) is 7.44. The minimum absolute atomic E-state index is 0.0124. The Hall–Kier alpha value is -3.01. The number of thioether (sulfide) groups is 1. The lowest BCUT2D eigenvalue weighted by Crippen LogP contribution is -2.15. The normalized spacial score (nSPS) is 12.3. The van der Waals surface area contributed by atoms with Crippen molar-refractivity contribution in [3.8, 4) is 6.07 Å². The predicted octanol–water partition coefficient (Wildman–Crippen LogP) is 3.48. The van der Waals surface area contributed by atoms with Crippen molar-refractivity contribution in [1.29, 1.82) is 5.26 Å². The summed E-state index contributed by atoms with van der Waals surface area (Å²) >= 11 is 0.996. The third kappa shape index (κ3) is 5.82. The van der Waals surface area contributed by atoms with Crippen LogP contribution in [0.1, 0.15) is 23.9 Å². The molecular weight excluding hydrogens is 462 g/mol. The number of aliphatic hydroxyl groups is 1. The number of hydrogen-bond donors (Lipinski definition) is 2. The van der Waals surface area contributed by atoms with Crippen LogP contribution in [0, 0.1) is 28.9 Å². The lowest BCUT2D eigenvalue weighted by atomic mass is 10.1. The number of nitrogens with one attached hydrogen (secondary N) is 1. The summed E-state index contributed by atoms with van der Waals surface area (Å²) < 4.78 is 59.8. The van der Waals surface area contributed by atoms with Gasteiger partial charge in [0.1, 0.15) is 11.9 Å². The Morgan fingerprint density at radius 2 is 2.06 bits per heavy atom. The molecule has 12 heteroatoms. The molecule has 0 aliphatic rings. The van der Waals surface area contributed by atoms with Gasteiger partial charge in [-0.2, -0.15) is 13.7 Å². The summed E-state index contributed by atoms with van der Waals surface area (Å²) in [7, 11) is -4.18. The van der Waals surface area contributed by atoms with Gasteiger partial charge < -0.3 is 9.52 Å². The molecule has 32 heavy (non-hydrogen) atoms. The maximum absolute atomic E-state index is 13.9. The zero-order valence-corrected chi connectivity index (χ0v) is 18.4. The van der Waals surface area contributed by atoms with E-state index in [1.807, 2.05) is 0 Å². The number of halogens is 2. The molecule has 8 nitrogen and oxygen atoms in total. The van der Waals surface area contributed by atoms with Gasteiger partial charge in [0.2, 0.25) is 10.9 Å². The average molecular weight is 481 g/mol. The highest BCUT2D eigenvalue weighted by Gasteiger charge is 2.21. The van der Waals surface area contributed by atoms with Crippen molar-refractivity contribution in [3.63, 3.8) is 0 Å². The molecule has 0 bridgehead atoms. The van der Waals surface area contributed by atoms with Crippen LogP contribution in [0.25, 0.3) is 0 Å². The highest BCUT2D eigenvalue weighted by atomic mass is 32.2. The Morgan fingerprint density at radius 1 is 1.28 bits per heavy atom. The number of nitrogens with zero attached hydrogens (tertiary/aromatic N) is 3. The fourth-order valence-corrected chi connectivity index (χ4v) is 4.41. The van der Waals surface area contributed by atoms with Gasteiger partial charge in [0.05, 0.1) is 0 Å². The van der Waals surface area contributed by atoms with Crippen LogP contribution >= 0.6 is 11.8 Å². The molecule has 2 N–H and O–H groups in total. The molecule has 3 rings (SSSR count). The first kappa shape index (κ1) is 23.6. The number of anilines is 1. The molecule has 1 atom stereocenters. The second-order valence-corrected chi connectivity index (χ2v) is 9.41. The zero-order valence-electron chi connectivity index (χ0n) is 16.7. The van der Waals surface area contributed by atoms with E-state index < -0.39 is 26.8 Å². The van der Waals surface area contributed by atoms with Crippen molar-refractivity contribution in [2.24, 2.45) is 5.92 Å². The predicted molar refractivity (Wildman–Crippen MR) is 112 cm³/mol. The monoisotopic (exact) mass is 480 g/mol. The van der Waals surface area contributed by atoms with Gasteiger partial charge in [-0.3, -0.25) is 4.72 Å². The number of sulfonamides is 1. The van der Waals surface area contributed by atoms with Gasteiger partial charge in [0.25, 0.3) is 10.0 Å². The number of aromatic nitrogens is 2. The largest absolute Gasteiger partial charge is 0.432 e. The summed E-state index contributed by atoms with van der Waals surface area (Å²) in [6.07, 6.45) is 0.328. The second kappa shape index (κ2) is 10.1. The molecule has 2 aromatic heterocycles. The van der Waals surface area contributed by atoms with Crippen LogP contribution in [0.3, 0.4) is 0 Å². The van der Waals surface area contributed by atoms with Crippen LogP contribution in [0.5, 0.6) is 0 Å². The summed E-state index contributed by atoms with van der Waals surface area (Å²) in [6.45, 7) is 1.68. The zero-order chi connectivity index (χ0) is 23.3. The number of furan rings is 1. The number of rotatable bonds is 9. The van der Waals surface area contributed by atoms with E-state index in [9.17, 15) is 22.3 Å². The molecule has 1 aromatic carbocycles. The van der Waals surface area contributed by atoms with Crippen molar-refractivity contribution in [2.75, 3.05) is 11.3 Å². The van der Waals surface area contributed by atoms with Crippen molar-refractivity contribution in [1.82, 2.24) is 9.97 Å². The van der Waals surface area contributed by atoms with Gasteiger partial charge in [0.15, 0.2) is 16.8 Å². The van der Waals surface area contributed by atoms with Gasteiger partial charge in [-0.05, 0) is 30.5 Å². The number of benzene rings is 1. The van der Waals surface area contributed by atoms with Crippen molar-refractivity contribution in [2.45, 2.75) is 29.3 Å². The van der Waals surface area contributed by atoms with Crippen LogP contribution in [-0.4, -0.2) is 30.1 Å². The Bertz CT molecular complexity index is 1260. The molecule has 0 aliphatic carbocycles. The molecule has 0 spiro atoms. The third-order valence-electron chi connectivity index (χ3n) is 4.21. The quantitative estimate of drug-likeness (QED) is 0.352. The van der Waals surface area contributed by atoms with Gasteiger partial charge in [-0.1, -0.05) is 30.8 Å². The first-order valence-corrected chi connectivity index (χ1v) is 11.8. The maximum Gasteiger partial charge on any atom is 0.296 e. The minimum Gasteiger partial charge on any atom is -0.432 e. The van der Waals surface area contributed by atoms with E-state index in [1.165, 1.54) is 24.3 Å². The fourth-order valence-electron chi connectivity index (χ4n) is 2.63. The van der Waals surface area contributed by atoms with E-state index in [4.69, 9.17) is 9.68 Å². The molecule has 0 amide bonds. The van der Waals surface area contributed by atoms with Crippen molar-refractivity contribution in [3.05, 3.63) is 65.1 Å².